The van der Waals surface area contributed by atoms with Gasteiger partial charge in [0.25, 0.3) is 5.56 Å². The van der Waals surface area contributed by atoms with Gasteiger partial charge in [-0.05, 0) is 43.2 Å². The van der Waals surface area contributed by atoms with E-state index in [4.69, 9.17) is 4.74 Å². The summed E-state index contributed by atoms with van der Waals surface area (Å²) in [5, 5.41) is 4.87. The molecule has 0 saturated heterocycles. The average molecular weight is 659 g/mol. The van der Waals surface area contributed by atoms with Crippen molar-refractivity contribution in [3.8, 4) is 5.75 Å². The third-order valence-electron chi connectivity index (χ3n) is 6.78. The highest BCUT2D eigenvalue weighted by atomic mass is 19.2. The minimum Gasteiger partial charge on any atom is -0.483 e. The van der Waals surface area contributed by atoms with Crippen molar-refractivity contribution in [3.63, 3.8) is 0 Å². The van der Waals surface area contributed by atoms with E-state index in [2.05, 4.69) is 25.3 Å². The lowest BCUT2D eigenvalue weighted by molar-refractivity contribution is -0.123. The summed E-state index contributed by atoms with van der Waals surface area (Å²) >= 11 is 0. The van der Waals surface area contributed by atoms with Crippen LogP contribution in [-0.4, -0.2) is 64.6 Å². The fourth-order valence-corrected chi connectivity index (χ4v) is 4.32. The van der Waals surface area contributed by atoms with Crippen molar-refractivity contribution in [3.05, 3.63) is 99.8 Å². The molecular weight excluding hydrogens is 628 g/mol. The van der Waals surface area contributed by atoms with Gasteiger partial charge in [-0.1, -0.05) is 6.08 Å². The van der Waals surface area contributed by atoms with Gasteiger partial charge in [0.2, 0.25) is 17.6 Å². The van der Waals surface area contributed by atoms with Crippen LogP contribution in [0.2, 0.25) is 0 Å². The number of H-pyrrole nitrogens is 1. The summed E-state index contributed by atoms with van der Waals surface area (Å²) in [6.45, 7) is -0.783. The first-order chi connectivity index (χ1) is 22.4. The van der Waals surface area contributed by atoms with Crippen LogP contribution in [0.15, 0.2) is 59.5 Å². The van der Waals surface area contributed by atoms with E-state index in [9.17, 15) is 36.7 Å². The molecule has 0 aliphatic rings. The quantitative estimate of drug-likeness (QED) is 0.154. The Bertz CT molecular complexity index is 1890. The number of nitrogens with one attached hydrogen (secondary N) is 3. The highest BCUT2D eigenvalue weighted by Gasteiger charge is 2.23. The molecule has 4 aromatic rings. The van der Waals surface area contributed by atoms with Crippen LogP contribution >= 0.6 is 0 Å². The standard InChI is InChI=1S/C31H30F4N6O6/c1-40(2)25(42)9-5-4-7-21(38-31(45)46-3)29(43)37-22-8-6-12-41(30(22)44)15-24-36-23-14-20(34)26(35)28(27(23)39-24)47-16-17-10-11-18(32)13-19(17)33/h5-6,8-14,21H,4,7,15-16H2,1-3H3,(H,36,39)(H,37,43)(H,38,45)/b9-5+/t21-/m0/s1. The number of hydrogen-bond donors (Lipinski definition) is 3. The molecule has 248 valence electrons. The molecule has 3 amide bonds. The van der Waals surface area contributed by atoms with Crippen molar-refractivity contribution in [2.24, 2.45) is 0 Å². The number of nitrogens with zero attached hydrogens (tertiary/aromatic N) is 3. The van der Waals surface area contributed by atoms with Gasteiger partial charge in [-0.15, -0.1) is 0 Å². The number of likely N-dealkylation sites (N-methyl/N-ethyl adjacent to an activating group) is 1. The minimum atomic E-state index is -1.37. The number of aromatic nitrogens is 3. The van der Waals surface area contributed by atoms with Crippen molar-refractivity contribution in [2.45, 2.75) is 32.0 Å². The van der Waals surface area contributed by atoms with Gasteiger partial charge < -0.3 is 34.6 Å². The zero-order chi connectivity index (χ0) is 34.2. The third-order valence-corrected chi connectivity index (χ3v) is 6.78. The number of carbonyl (C=O) groups is 3. The number of alkyl carbamates (subject to hydrolysis) is 1. The number of pyridine rings is 1. The molecule has 16 heteroatoms. The van der Waals surface area contributed by atoms with E-state index in [0.29, 0.717) is 6.07 Å². The molecule has 2 aromatic heterocycles. The summed E-state index contributed by atoms with van der Waals surface area (Å²) in [6, 6.07) is 5.21. The van der Waals surface area contributed by atoms with Gasteiger partial charge in [0.05, 0.1) is 19.2 Å². The number of fused-ring (bicyclic) bond motifs is 1. The van der Waals surface area contributed by atoms with Crippen molar-refractivity contribution < 1.29 is 41.4 Å². The molecule has 0 unspecified atom stereocenters. The van der Waals surface area contributed by atoms with Crippen LogP contribution in [0.3, 0.4) is 0 Å². The Kier molecular flexibility index (Phi) is 11.0. The summed E-state index contributed by atoms with van der Waals surface area (Å²) < 4.78 is 67.6. The Balaban J connectivity index is 1.52. The minimum absolute atomic E-state index is 0.0518. The van der Waals surface area contributed by atoms with Crippen molar-refractivity contribution in [1.29, 1.82) is 0 Å². The van der Waals surface area contributed by atoms with Gasteiger partial charge in [-0.25, -0.2) is 22.9 Å². The van der Waals surface area contributed by atoms with Gasteiger partial charge in [0.15, 0.2) is 11.6 Å². The summed E-state index contributed by atoms with van der Waals surface area (Å²) in [6.07, 6.45) is 3.68. The fourth-order valence-electron chi connectivity index (χ4n) is 4.32. The molecule has 0 bridgehead atoms. The lowest BCUT2D eigenvalue weighted by Crippen LogP contribution is -2.44. The molecule has 0 fully saturated rings. The maximum absolute atomic E-state index is 14.8. The Labute approximate surface area is 265 Å². The molecule has 1 atom stereocenters. The summed E-state index contributed by atoms with van der Waals surface area (Å²) in [4.78, 5) is 58.3. The molecule has 0 aliphatic carbocycles. The highest BCUT2D eigenvalue weighted by Crippen LogP contribution is 2.31. The van der Waals surface area contributed by atoms with E-state index in [1.165, 1.54) is 29.3 Å². The number of halogens is 4. The van der Waals surface area contributed by atoms with Crippen LogP contribution in [0.5, 0.6) is 5.75 Å². The van der Waals surface area contributed by atoms with Gasteiger partial charge in [0.1, 0.15) is 41.3 Å². The number of methoxy groups -OCH3 is 1. The zero-order valence-electron chi connectivity index (χ0n) is 25.4. The second kappa shape index (κ2) is 15.1. The third kappa shape index (κ3) is 8.53. The molecule has 0 saturated carbocycles. The second-order valence-corrected chi connectivity index (χ2v) is 10.3. The van der Waals surface area contributed by atoms with Crippen LogP contribution in [0.25, 0.3) is 11.0 Å². The molecule has 3 N–H and O–H groups in total. The van der Waals surface area contributed by atoms with E-state index >= 15 is 0 Å². The zero-order valence-corrected chi connectivity index (χ0v) is 25.4. The molecule has 0 aliphatic heterocycles. The maximum atomic E-state index is 14.8. The number of anilines is 1. The van der Waals surface area contributed by atoms with Gasteiger partial charge in [-0.2, -0.15) is 4.39 Å². The van der Waals surface area contributed by atoms with E-state index in [1.807, 2.05) is 0 Å². The largest absolute Gasteiger partial charge is 0.483 e. The number of imidazole rings is 1. The number of benzene rings is 2. The normalized spacial score (nSPS) is 11.8. The first kappa shape index (κ1) is 34.2. The molecule has 4 rings (SSSR count). The Morgan fingerprint density at radius 2 is 1.87 bits per heavy atom. The van der Waals surface area contributed by atoms with Crippen LogP contribution in [0.1, 0.15) is 24.2 Å². The lowest BCUT2D eigenvalue weighted by Gasteiger charge is -2.17. The Morgan fingerprint density at radius 3 is 2.57 bits per heavy atom. The van der Waals surface area contributed by atoms with Crippen molar-refractivity contribution >= 4 is 34.6 Å². The number of allylic oxidation sites excluding steroid dienone is 1. The smallest absolute Gasteiger partial charge is 0.407 e. The maximum Gasteiger partial charge on any atom is 0.407 e. The number of rotatable bonds is 12. The fraction of sp³-hybridized carbons (Fsp3) is 0.258. The summed E-state index contributed by atoms with van der Waals surface area (Å²) in [7, 11) is 4.28. The van der Waals surface area contributed by atoms with Crippen molar-refractivity contribution in [1.82, 2.24) is 24.8 Å². The highest BCUT2D eigenvalue weighted by molar-refractivity contribution is 5.96. The molecule has 2 heterocycles. The molecule has 47 heavy (non-hydrogen) atoms. The SMILES string of the molecule is COC(=O)N[C@@H](CC/C=C/C(=O)N(C)C)C(=O)Nc1cccn(Cc2nc3cc(F)c(F)c(OCc4ccc(F)cc4F)c3[nH]2)c1=O. The number of carbonyl (C=O) groups excluding carboxylic acids is 3. The predicted octanol–water partition coefficient (Wildman–Crippen LogP) is 4.00. The summed E-state index contributed by atoms with van der Waals surface area (Å²) in [5.74, 6) is -5.92. The van der Waals surface area contributed by atoms with Crippen molar-refractivity contribution in [2.75, 3.05) is 26.5 Å². The van der Waals surface area contributed by atoms with Gasteiger partial charge >= 0.3 is 6.09 Å². The molecule has 2 aromatic carbocycles. The van der Waals surface area contributed by atoms with Crippen LogP contribution in [-0.2, 0) is 27.5 Å². The molecule has 0 radical (unpaired) electrons. The number of hydrogen-bond acceptors (Lipinski definition) is 7. The van der Waals surface area contributed by atoms with Gasteiger partial charge in [0, 0.05) is 38.0 Å². The Morgan fingerprint density at radius 1 is 1.11 bits per heavy atom. The Hall–Kier alpha value is -5.67. The first-order valence-electron chi connectivity index (χ1n) is 14.0. The van der Waals surface area contributed by atoms with E-state index in [1.54, 1.807) is 20.2 Å². The average Bonchev–Trinajstić information content (AvgIpc) is 3.42. The number of ether oxygens (including phenoxy) is 2. The van der Waals surface area contributed by atoms with Gasteiger partial charge in [-0.3, -0.25) is 14.4 Å². The van der Waals surface area contributed by atoms with Crippen LogP contribution < -0.4 is 20.9 Å². The van der Waals surface area contributed by atoms with Crippen LogP contribution in [0.4, 0.5) is 28.0 Å². The van der Waals surface area contributed by atoms with E-state index in [-0.39, 0.29) is 53.4 Å². The summed E-state index contributed by atoms with van der Waals surface area (Å²) in [5.41, 5.74) is -1.05. The second-order valence-electron chi connectivity index (χ2n) is 10.3. The predicted molar refractivity (Wildman–Crippen MR) is 162 cm³/mol. The molecular formula is C31H30F4N6O6. The monoisotopic (exact) mass is 658 g/mol. The molecule has 0 spiro atoms. The van der Waals surface area contributed by atoms with E-state index < -0.39 is 59.2 Å². The number of amides is 3. The van der Waals surface area contributed by atoms with E-state index in [0.717, 1.165) is 29.9 Å². The first-order valence-corrected chi connectivity index (χ1v) is 14.0. The number of aromatic amines is 1. The van der Waals surface area contributed by atoms with Crippen LogP contribution in [0, 0.1) is 23.3 Å². The lowest BCUT2D eigenvalue weighted by atomic mass is 10.1. The topological polar surface area (TPSA) is 148 Å². The molecule has 12 nitrogen and oxygen atoms in total.